The molecular weight excluding hydrogens is 238 g/mol. The smallest absolute Gasteiger partial charge is 0.178 e. The van der Waals surface area contributed by atoms with Crippen LogP contribution in [0.3, 0.4) is 0 Å². The number of fused-ring (bicyclic) bond motifs is 1. The van der Waals surface area contributed by atoms with Crippen LogP contribution in [-0.4, -0.2) is 19.8 Å². The van der Waals surface area contributed by atoms with Gasteiger partial charge in [0.25, 0.3) is 0 Å². The third kappa shape index (κ3) is 2.08. The molecule has 0 bridgehead atoms. The summed E-state index contributed by atoms with van der Waals surface area (Å²) in [6, 6.07) is 11.9. The van der Waals surface area contributed by atoms with E-state index in [1.807, 2.05) is 19.1 Å². The Hall–Kier alpha value is -2.27. The minimum absolute atomic E-state index is 0.198. The summed E-state index contributed by atoms with van der Waals surface area (Å²) in [5, 5.41) is 12.7. The monoisotopic (exact) mass is 253 g/mol. The Morgan fingerprint density at radius 1 is 1.05 bits per heavy atom. The third-order valence-electron chi connectivity index (χ3n) is 3.04. The van der Waals surface area contributed by atoms with Crippen LogP contribution in [0.2, 0.25) is 0 Å². The zero-order valence-electron chi connectivity index (χ0n) is 10.9. The van der Waals surface area contributed by atoms with Gasteiger partial charge in [-0.15, -0.1) is 10.2 Å². The highest BCUT2D eigenvalue weighted by atomic mass is 15.4. The van der Waals surface area contributed by atoms with Crippen molar-refractivity contribution in [3.63, 3.8) is 0 Å². The van der Waals surface area contributed by atoms with Crippen LogP contribution >= 0.6 is 0 Å². The average molecular weight is 253 g/mol. The van der Waals surface area contributed by atoms with Crippen molar-refractivity contribution in [1.82, 2.24) is 19.8 Å². The van der Waals surface area contributed by atoms with Crippen LogP contribution in [0.4, 0.5) is 0 Å². The lowest BCUT2D eigenvalue weighted by Crippen LogP contribution is -2.11. The fourth-order valence-corrected chi connectivity index (χ4v) is 1.97. The van der Waals surface area contributed by atoms with Gasteiger partial charge >= 0.3 is 0 Å². The standard InChI is InChI=1S/C14H15N5/c1-9-3-5-11(6-4-9)12-7-8-13-16-17-14(10(2)15)19(13)18-12/h3-8,10H,15H2,1-2H3. The number of hydrogen-bond acceptors (Lipinski definition) is 4. The molecule has 0 radical (unpaired) electrons. The van der Waals surface area contributed by atoms with Crippen molar-refractivity contribution in [2.45, 2.75) is 19.9 Å². The molecule has 3 aromatic rings. The first-order chi connectivity index (χ1) is 9.15. The van der Waals surface area contributed by atoms with E-state index in [0.717, 1.165) is 11.3 Å². The Kier molecular flexibility index (Phi) is 2.76. The van der Waals surface area contributed by atoms with Crippen LogP contribution in [0.25, 0.3) is 16.9 Å². The molecule has 1 unspecified atom stereocenters. The van der Waals surface area contributed by atoms with Crippen LogP contribution < -0.4 is 5.73 Å². The van der Waals surface area contributed by atoms with Gasteiger partial charge < -0.3 is 5.73 Å². The molecule has 0 spiro atoms. The molecule has 2 N–H and O–H groups in total. The predicted molar refractivity (Wildman–Crippen MR) is 73.6 cm³/mol. The lowest BCUT2D eigenvalue weighted by Gasteiger charge is -2.05. The molecular formula is C14H15N5. The lowest BCUT2D eigenvalue weighted by molar-refractivity contribution is 0.696. The van der Waals surface area contributed by atoms with E-state index < -0.39 is 0 Å². The molecule has 0 fully saturated rings. The Morgan fingerprint density at radius 2 is 1.79 bits per heavy atom. The number of aromatic nitrogens is 4. The summed E-state index contributed by atoms with van der Waals surface area (Å²) >= 11 is 0. The van der Waals surface area contributed by atoms with E-state index in [9.17, 15) is 0 Å². The van der Waals surface area contributed by atoms with Crippen molar-refractivity contribution >= 4 is 5.65 Å². The molecule has 0 amide bonds. The number of benzene rings is 1. The Bertz CT molecular complexity index is 712. The van der Waals surface area contributed by atoms with Gasteiger partial charge in [-0.1, -0.05) is 29.8 Å². The average Bonchev–Trinajstić information content (AvgIpc) is 2.82. The van der Waals surface area contributed by atoms with Gasteiger partial charge in [0.05, 0.1) is 11.7 Å². The highest BCUT2D eigenvalue weighted by Crippen LogP contribution is 2.18. The molecule has 19 heavy (non-hydrogen) atoms. The SMILES string of the molecule is Cc1ccc(-c2ccc3nnc(C(C)N)n3n2)cc1. The van der Waals surface area contributed by atoms with Gasteiger partial charge in [0.2, 0.25) is 0 Å². The fraction of sp³-hybridized carbons (Fsp3) is 0.214. The van der Waals surface area contributed by atoms with Crippen molar-refractivity contribution in [3.05, 3.63) is 47.8 Å². The Labute approximate surface area is 111 Å². The van der Waals surface area contributed by atoms with Crippen molar-refractivity contribution in [1.29, 1.82) is 0 Å². The maximum absolute atomic E-state index is 5.87. The Morgan fingerprint density at radius 3 is 2.47 bits per heavy atom. The number of hydrogen-bond donors (Lipinski definition) is 1. The summed E-state index contributed by atoms with van der Waals surface area (Å²) in [4.78, 5) is 0. The molecule has 0 aliphatic heterocycles. The van der Waals surface area contributed by atoms with Crippen LogP contribution in [0.5, 0.6) is 0 Å². The molecule has 2 aromatic heterocycles. The maximum Gasteiger partial charge on any atom is 0.178 e. The molecule has 3 rings (SSSR count). The number of nitrogens with zero attached hydrogens (tertiary/aromatic N) is 4. The molecule has 1 atom stereocenters. The van der Waals surface area contributed by atoms with E-state index in [2.05, 4.69) is 46.5 Å². The largest absolute Gasteiger partial charge is 0.321 e. The van der Waals surface area contributed by atoms with Gasteiger partial charge in [-0.25, -0.2) is 0 Å². The molecule has 5 heteroatoms. The molecule has 1 aromatic carbocycles. The quantitative estimate of drug-likeness (QED) is 0.759. The van der Waals surface area contributed by atoms with E-state index in [-0.39, 0.29) is 6.04 Å². The topological polar surface area (TPSA) is 69.1 Å². The minimum atomic E-state index is -0.198. The van der Waals surface area contributed by atoms with E-state index in [4.69, 9.17) is 5.73 Å². The molecule has 0 saturated heterocycles. The minimum Gasteiger partial charge on any atom is -0.321 e. The van der Waals surface area contributed by atoms with Crippen molar-refractivity contribution in [2.75, 3.05) is 0 Å². The van der Waals surface area contributed by atoms with E-state index >= 15 is 0 Å². The van der Waals surface area contributed by atoms with Crippen LogP contribution in [0.1, 0.15) is 24.4 Å². The zero-order valence-corrected chi connectivity index (χ0v) is 10.9. The summed E-state index contributed by atoms with van der Waals surface area (Å²) < 4.78 is 1.71. The van der Waals surface area contributed by atoms with Gasteiger partial charge in [0.15, 0.2) is 11.5 Å². The number of aryl methyl sites for hydroxylation is 1. The first-order valence-corrected chi connectivity index (χ1v) is 6.20. The summed E-state index contributed by atoms with van der Waals surface area (Å²) in [6.45, 7) is 3.94. The van der Waals surface area contributed by atoms with Crippen molar-refractivity contribution in [2.24, 2.45) is 5.73 Å². The van der Waals surface area contributed by atoms with E-state index in [1.54, 1.807) is 4.52 Å². The summed E-state index contributed by atoms with van der Waals surface area (Å²) in [6.07, 6.45) is 0. The highest BCUT2D eigenvalue weighted by Gasteiger charge is 2.11. The van der Waals surface area contributed by atoms with Crippen LogP contribution in [0.15, 0.2) is 36.4 Å². The normalized spacial score (nSPS) is 12.8. The molecule has 0 saturated carbocycles. The van der Waals surface area contributed by atoms with Gasteiger partial charge in [-0.3, -0.25) is 0 Å². The van der Waals surface area contributed by atoms with Crippen LogP contribution in [0, 0.1) is 6.92 Å². The molecule has 5 nitrogen and oxygen atoms in total. The first kappa shape index (κ1) is 11.8. The summed E-state index contributed by atoms with van der Waals surface area (Å²) in [5.41, 5.74) is 9.76. The number of nitrogens with two attached hydrogens (primary N) is 1. The van der Waals surface area contributed by atoms with Crippen molar-refractivity contribution in [3.8, 4) is 11.3 Å². The second-order valence-electron chi connectivity index (χ2n) is 4.70. The van der Waals surface area contributed by atoms with Gasteiger partial charge in [-0.2, -0.15) is 9.61 Å². The molecule has 96 valence electrons. The molecule has 0 aliphatic carbocycles. The van der Waals surface area contributed by atoms with E-state index in [1.165, 1.54) is 5.56 Å². The second kappa shape index (κ2) is 4.44. The molecule has 0 aliphatic rings. The van der Waals surface area contributed by atoms with Gasteiger partial charge in [0, 0.05) is 5.56 Å². The van der Waals surface area contributed by atoms with Crippen LogP contribution in [-0.2, 0) is 0 Å². The van der Waals surface area contributed by atoms with Gasteiger partial charge in [-0.05, 0) is 26.0 Å². The second-order valence-corrected chi connectivity index (χ2v) is 4.70. The Balaban J connectivity index is 2.14. The lowest BCUT2D eigenvalue weighted by atomic mass is 10.1. The zero-order chi connectivity index (χ0) is 13.4. The first-order valence-electron chi connectivity index (χ1n) is 6.20. The maximum atomic E-state index is 5.87. The molecule has 2 heterocycles. The summed E-state index contributed by atoms with van der Waals surface area (Å²) in [5.74, 6) is 0.670. The predicted octanol–water partition coefficient (Wildman–Crippen LogP) is 2.12. The fourth-order valence-electron chi connectivity index (χ4n) is 1.97. The van der Waals surface area contributed by atoms with E-state index in [0.29, 0.717) is 11.5 Å². The van der Waals surface area contributed by atoms with Crippen molar-refractivity contribution < 1.29 is 0 Å². The summed E-state index contributed by atoms with van der Waals surface area (Å²) in [7, 11) is 0. The number of rotatable bonds is 2. The highest BCUT2D eigenvalue weighted by molar-refractivity contribution is 5.60. The van der Waals surface area contributed by atoms with Gasteiger partial charge in [0.1, 0.15) is 0 Å². The third-order valence-corrected chi connectivity index (χ3v) is 3.04.